The van der Waals surface area contributed by atoms with E-state index in [-0.39, 0.29) is 6.79 Å². The van der Waals surface area contributed by atoms with E-state index in [9.17, 15) is 0 Å². The lowest BCUT2D eigenvalue weighted by molar-refractivity contribution is 0.175. The van der Waals surface area contributed by atoms with E-state index < -0.39 is 0 Å². The Labute approximate surface area is 145 Å². The summed E-state index contributed by atoms with van der Waals surface area (Å²) in [6.45, 7) is 0.253. The predicted molar refractivity (Wildman–Crippen MR) is 98.7 cm³/mol. The fourth-order valence-corrected chi connectivity index (χ4v) is 3.29. The van der Waals surface area contributed by atoms with Crippen LogP contribution >= 0.6 is 0 Å². The van der Waals surface area contributed by atoms with Gasteiger partial charge in [-0.2, -0.15) is 0 Å². The second kappa shape index (κ2) is 5.64. The summed E-state index contributed by atoms with van der Waals surface area (Å²) < 4.78 is 11.3. The van der Waals surface area contributed by atoms with Gasteiger partial charge in [-0.3, -0.25) is 0 Å². The van der Waals surface area contributed by atoms with Gasteiger partial charge in [0.1, 0.15) is 0 Å². The molecule has 0 N–H and O–H groups in total. The van der Waals surface area contributed by atoms with Gasteiger partial charge < -0.3 is 9.47 Å². The molecule has 0 bridgehead atoms. The summed E-state index contributed by atoms with van der Waals surface area (Å²) in [5.41, 5.74) is 5.19. The number of pyridine rings is 1. The Morgan fingerprint density at radius 3 is 2.20 bits per heavy atom. The maximum atomic E-state index is 5.76. The molecule has 25 heavy (non-hydrogen) atoms. The lowest BCUT2D eigenvalue weighted by Gasteiger charge is -2.12. The molecule has 0 spiro atoms. The fourth-order valence-electron chi connectivity index (χ4n) is 3.29. The summed E-state index contributed by atoms with van der Waals surface area (Å²) in [6, 6.07) is 26.6. The highest BCUT2D eigenvalue weighted by Crippen LogP contribution is 2.44. The van der Waals surface area contributed by atoms with E-state index in [0.717, 1.165) is 44.8 Å². The number of aromatic nitrogens is 1. The Balaban J connectivity index is 1.86. The van der Waals surface area contributed by atoms with E-state index in [1.54, 1.807) is 0 Å². The Bertz CT molecular complexity index is 1060. The van der Waals surface area contributed by atoms with Crippen molar-refractivity contribution in [3.8, 4) is 33.9 Å². The molecule has 1 aromatic heterocycles. The Morgan fingerprint density at radius 2 is 1.44 bits per heavy atom. The molecule has 1 aliphatic rings. The lowest BCUT2D eigenvalue weighted by atomic mass is 9.97. The topological polar surface area (TPSA) is 31.4 Å². The molecule has 0 atom stereocenters. The van der Waals surface area contributed by atoms with Gasteiger partial charge in [0.15, 0.2) is 11.5 Å². The van der Waals surface area contributed by atoms with Crippen LogP contribution in [0.1, 0.15) is 0 Å². The van der Waals surface area contributed by atoms with Gasteiger partial charge in [-0.05, 0) is 29.3 Å². The first-order valence-electron chi connectivity index (χ1n) is 8.24. The number of nitrogens with zero attached hydrogens (tertiary/aromatic N) is 1. The molecule has 0 radical (unpaired) electrons. The molecule has 1 aliphatic heterocycles. The molecule has 0 saturated heterocycles. The minimum Gasteiger partial charge on any atom is -0.454 e. The zero-order chi connectivity index (χ0) is 16.6. The van der Waals surface area contributed by atoms with Gasteiger partial charge in [0.05, 0.1) is 16.6 Å². The van der Waals surface area contributed by atoms with E-state index in [4.69, 9.17) is 14.5 Å². The molecular formula is C22H15NO2. The first-order valence-corrected chi connectivity index (χ1v) is 8.24. The largest absolute Gasteiger partial charge is 0.454 e. The van der Waals surface area contributed by atoms with Crippen molar-refractivity contribution in [1.29, 1.82) is 0 Å². The zero-order valence-electron chi connectivity index (χ0n) is 13.5. The molecule has 0 unspecified atom stereocenters. The van der Waals surface area contributed by atoms with Crippen LogP contribution in [0, 0.1) is 0 Å². The van der Waals surface area contributed by atoms with Crippen molar-refractivity contribution < 1.29 is 9.47 Å². The number of rotatable bonds is 2. The van der Waals surface area contributed by atoms with Crippen molar-refractivity contribution in [2.45, 2.75) is 0 Å². The zero-order valence-corrected chi connectivity index (χ0v) is 13.5. The average Bonchev–Trinajstić information content (AvgIpc) is 3.17. The van der Waals surface area contributed by atoms with E-state index in [1.807, 2.05) is 48.5 Å². The smallest absolute Gasteiger partial charge is 0.231 e. The van der Waals surface area contributed by atoms with Gasteiger partial charge in [-0.1, -0.05) is 60.7 Å². The molecule has 3 aromatic carbocycles. The minimum atomic E-state index is 0.253. The van der Waals surface area contributed by atoms with Crippen molar-refractivity contribution >= 4 is 10.9 Å². The van der Waals surface area contributed by atoms with Crippen molar-refractivity contribution in [2.75, 3.05) is 6.79 Å². The molecule has 5 rings (SSSR count). The number of hydrogen-bond acceptors (Lipinski definition) is 3. The van der Waals surface area contributed by atoms with Crippen LogP contribution < -0.4 is 9.47 Å². The first-order chi connectivity index (χ1) is 12.4. The fraction of sp³-hybridized carbons (Fsp3) is 0.0455. The van der Waals surface area contributed by atoms with E-state index in [1.165, 1.54) is 0 Å². The second-order valence-electron chi connectivity index (χ2n) is 5.98. The van der Waals surface area contributed by atoms with Crippen molar-refractivity contribution in [3.05, 3.63) is 78.9 Å². The van der Waals surface area contributed by atoms with Crippen LogP contribution in [-0.4, -0.2) is 11.8 Å². The van der Waals surface area contributed by atoms with Crippen LogP contribution in [0.3, 0.4) is 0 Å². The van der Waals surface area contributed by atoms with Gasteiger partial charge in [-0.25, -0.2) is 4.98 Å². The van der Waals surface area contributed by atoms with E-state index in [2.05, 4.69) is 30.3 Å². The van der Waals surface area contributed by atoms with Gasteiger partial charge in [0.2, 0.25) is 6.79 Å². The molecule has 4 aromatic rings. The molecule has 120 valence electrons. The summed E-state index contributed by atoms with van der Waals surface area (Å²) in [6.07, 6.45) is 0. The standard InChI is InChI=1S/C22H15NO2/c1-3-7-15(8-4-1)17-13-19(16-9-5-2-6-10-16)23-18-11-12-20-22(21(17)18)25-14-24-20/h1-13H,14H2. The number of benzene rings is 3. The summed E-state index contributed by atoms with van der Waals surface area (Å²) >= 11 is 0. The van der Waals surface area contributed by atoms with Crippen LogP contribution in [0.4, 0.5) is 0 Å². The molecule has 0 amide bonds. The highest BCUT2D eigenvalue weighted by atomic mass is 16.7. The Hall–Kier alpha value is -3.33. The molecule has 2 heterocycles. The van der Waals surface area contributed by atoms with Crippen molar-refractivity contribution in [2.24, 2.45) is 0 Å². The Morgan fingerprint density at radius 1 is 0.720 bits per heavy atom. The number of hydrogen-bond donors (Lipinski definition) is 0. The first kappa shape index (κ1) is 14.1. The quantitative estimate of drug-likeness (QED) is 0.501. The third-order valence-corrected chi connectivity index (χ3v) is 4.46. The maximum Gasteiger partial charge on any atom is 0.231 e. The highest BCUT2D eigenvalue weighted by Gasteiger charge is 2.21. The highest BCUT2D eigenvalue weighted by molar-refractivity contribution is 6.02. The minimum absolute atomic E-state index is 0.253. The van der Waals surface area contributed by atoms with Crippen LogP contribution in [0.15, 0.2) is 78.9 Å². The predicted octanol–water partition coefficient (Wildman–Crippen LogP) is 5.30. The monoisotopic (exact) mass is 325 g/mol. The molecular weight excluding hydrogens is 310 g/mol. The van der Waals surface area contributed by atoms with E-state index in [0.29, 0.717) is 0 Å². The summed E-state index contributed by atoms with van der Waals surface area (Å²) in [5, 5.41) is 1.00. The van der Waals surface area contributed by atoms with Crippen LogP contribution in [-0.2, 0) is 0 Å². The number of ether oxygens (including phenoxy) is 2. The third kappa shape index (κ3) is 2.32. The van der Waals surface area contributed by atoms with Crippen LogP contribution in [0.5, 0.6) is 11.5 Å². The second-order valence-corrected chi connectivity index (χ2v) is 5.98. The summed E-state index contributed by atoms with van der Waals surface area (Å²) in [4.78, 5) is 4.87. The van der Waals surface area contributed by atoms with Gasteiger partial charge in [0, 0.05) is 5.56 Å². The van der Waals surface area contributed by atoms with Gasteiger partial charge >= 0.3 is 0 Å². The summed E-state index contributed by atoms with van der Waals surface area (Å²) in [7, 11) is 0. The maximum absolute atomic E-state index is 5.76. The van der Waals surface area contributed by atoms with Crippen molar-refractivity contribution in [1.82, 2.24) is 4.98 Å². The van der Waals surface area contributed by atoms with Crippen molar-refractivity contribution in [3.63, 3.8) is 0 Å². The molecule has 3 heteroatoms. The third-order valence-electron chi connectivity index (χ3n) is 4.46. The summed E-state index contributed by atoms with van der Waals surface area (Å²) in [5.74, 6) is 1.56. The number of fused-ring (bicyclic) bond motifs is 3. The van der Waals surface area contributed by atoms with Gasteiger partial charge in [0.25, 0.3) is 0 Å². The lowest BCUT2D eigenvalue weighted by Crippen LogP contribution is -1.94. The molecule has 0 fully saturated rings. The SMILES string of the molecule is c1ccc(-c2cc(-c3ccccc3)c3c4c(ccc3n2)OCO4)cc1. The molecule has 3 nitrogen and oxygen atoms in total. The average molecular weight is 325 g/mol. The molecule has 0 saturated carbocycles. The molecule has 0 aliphatic carbocycles. The van der Waals surface area contributed by atoms with Crippen LogP contribution in [0.2, 0.25) is 0 Å². The van der Waals surface area contributed by atoms with E-state index >= 15 is 0 Å². The van der Waals surface area contributed by atoms with Gasteiger partial charge in [-0.15, -0.1) is 0 Å². The van der Waals surface area contributed by atoms with Crippen LogP contribution in [0.25, 0.3) is 33.3 Å². The normalized spacial score (nSPS) is 12.5. The Kier molecular flexibility index (Phi) is 3.17.